The van der Waals surface area contributed by atoms with E-state index in [0.29, 0.717) is 0 Å². The lowest BCUT2D eigenvalue weighted by Crippen LogP contribution is -2.26. The number of aromatic nitrogens is 1. The monoisotopic (exact) mass is 272 g/mol. The molecule has 3 heteroatoms. The van der Waals surface area contributed by atoms with Crippen molar-refractivity contribution in [3.05, 3.63) is 42.2 Å². The molecular formula is C17H24N2O. The van der Waals surface area contributed by atoms with Crippen molar-refractivity contribution < 1.29 is 4.74 Å². The third-order valence-electron chi connectivity index (χ3n) is 3.36. The molecule has 0 fully saturated rings. The second-order valence-electron chi connectivity index (χ2n) is 5.03. The molecule has 1 heterocycles. The zero-order chi connectivity index (χ0) is 14.2. The molecule has 108 valence electrons. The van der Waals surface area contributed by atoms with Crippen molar-refractivity contribution in [3.63, 3.8) is 0 Å². The topological polar surface area (TPSA) is 34.1 Å². The van der Waals surface area contributed by atoms with Crippen LogP contribution < -0.4 is 5.32 Å². The van der Waals surface area contributed by atoms with Crippen LogP contribution in [0.1, 0.15) is 38.3 Å². The van der Waals surface area contributed by atoms with Crippen molar-refractivity contribution >= 4 is 10.8 Å². The summed E-state index contributed by atoms with van der Waals surface area (Å²) in [5, 5.41) is 6.04. The van der Waals surface area contributed by atoms with Crippen LogP contribution in [0, 0.1) is 0 Å². The molecule has 0 amide bonds. The fourth-order valence-corrected chi connectivity index (χ4v) is 2.37. The Hall–Kier alpha value is -1.45. The standard InChI is InChI=1S/C17H24N2O/c1-3-9-19-17(13-20-11-4-2)16-7-5-6-14-12-18-10-8-15(14)16/h5-8,10,12,17,19H,3-4,9,11,13H2,1-2H3. The third kappa shape index (κ3) is 3.78. The molecule has 1 unspecified atom stereocenters. The highest BCUT2D eigenvalue weighted by Crippen LogP contribution is 2.24. The Balaban J connectivity index is 2.24. The van der Waals surface area contributed by atoms with Crippen molar-refractivity contribution in [3.8, 4) is 0 Å². The summed E-state index contributed by atoms with van der Waals surface area (Å²) in [6.07, 6.45) is 5.95. The van der Waals surface area contributed by atoms with Crippen LogP contribution in [0.25, 0.3) is 10.8 Å². The first kappa shape index (κ1) is 14.9. The van der Waals surface area contributed by atoms with E-state index in [2.05, 4.69) is 48.4 Å². The Labute approximate surface area is 121 Å². The van der Waals surface area contributed by atoms with Crippen LogP contribution in [0.2, 0.25) is 0 Å². The van der Waals surface area contributed by atoms with Crippen molar-refractivity contribution in [2.24, 2.45) is 0 Å². The Bertz CT molecular complexity index is 522. The van der Waals surface area contributed by atoms with E-state index in [1.165, 1.54) is 16.3 Å². The van der Waals surface area contributed by atoms with Gasteiger partial charge in [0.05, 0.1) is 12.6 Å². The van der Waals surface area contributed by atoms with Crippen molar-refractivity contribution in [2.75, 3.05) is 19.8 Å². The van der Waals surface area contributed by atoms with Gasteiger partial charge in [0.1, 0.15) is 0 Å². The van der Waals surface area contributed by atoms with E-state index in [1.54, 1.807) is 0 Å². The Morgan fingerprint density at radius 3 is 2.90 bits per heavy atom. The summed E-state index contributed by atoms with van der Waals surface area (Å²) in [7, 11) is 0. The molecule has 0 spiro atoms. The Morgan fingerprint density at radius 1 is 1.20 bits per heavy atom. The molecule has 0 radical (unpaired) electrons. The Morgan fingerprint density at radius 2 is 2.10 bits per heavy atom. The number of nitrogens with one attached hydrogen (secondary N) is 1. The van der Waals surface area contributed by atoms with E-state index >= 15 is 0 Å². The number of nitrogens with zero attached hydrogens (tertiary/aromatic N) is 1. The molecule has 20 heavy (non-hydrogen) atoms. The van der Waals surface area contributed by atoms with E-state index in [-0.39, 0.29) is 6.04 Å². The maximum atomic E-state index is 5.77. The van der Waals surface area contributed by atoms with Crippen molar-refractivity contribution in [1.82, 2.24) is 10.3 Å². The van der Waals surface area contributed by atoms with Crippen LogP contribution in [-0.4, -0.2) is 24.7 Å². The predicted molar refractivity (Wildman–Crippen MR) is 83.9 cm³/mol. The second-order valence-corrected chi connectivity index (χ2v) is 5.03. The van der Waals surface area contributed by atoms with E-state index in [1.807, 2.05) is 12.4 Å². The molecule has 0 aliphatic heterocycles. The minimum Gasteiger partial charge on any atom is -0.379 e. The number of benzene rings is 1. The van der Waals surface area contributed by atoms with Gasteiger partial charge in [0, 0.05) is 24.4 Å². The average Bonchev–Trinajstić information content (AvgIpc) is 2.50. The van der Waals surface area contributed by atoms with Gasteiger partial charge in [-0.1, -0.05) is 32.0 Å². The van der Waals surface area contributed by atoms with Gasteiger partial charge in [-0.05, 0) is 36.4 Å². The summed E-state index contributed by atoms with van der Waals surface area (Å²) in [6, 6.07) is 8.72. The molecule has 3 nitrogen and oxygen atoms in total. The summed E-state index contributed by atoms with van der Waals surface area (Å²) < 4.78 is 5.77. The molecule has 0 saturated heterocycles. The lowest BCUT2D eigenvalue weighted by molar-refractivity contribution is 0.112. The number of fused-ring (bicyclic) bond motifs is 1. The van der Waals surface area contributed by atoms with E-state index in [0.717, 1.165) is 32.6 Å². The van der Waals surface area contributed by atoms with E-state index in [4.69, 9.17) is 4.74 Å². The summed E-state index contributed by atoms with van der Waals surface area (Å²) in [6.45, 7) is 6.86. The average molecular weight is 272 g/mol. The smallest absolute Gasteiger partial charge is 0.0661 e. The summed E-state index contributed by atoms with van der Waals surface area (Å²) >= 11 is 0. The Kier molecular flexibility index (Phi) is 5.96. The predicted octanol–water partition coefficient (Wildman–Crippen LogP) is 3.70. The minimum absolute atomic E-state index is 0.243. The maximum Gasteiger partial charge on any atom is 0.0661 e. The summed E-state index contributed by atoms with van der Waals surface area (Å²) in [5.41, 5.74) is 1.30. The van der Waals surface area contributed by atoms with Gasteiger partial charge in [-0.3, -0.25) is 4.98 Å². The first-order valence-electron chi connectivity index (χ1n) is 7.50. The fourth-order valence-electron chi connectivity index (χ4n) is 2.37. The van der Waals surface area contributed by atoms with Gasteiger partial charge in [0.15, 0.2) is 0 Å². The maximum absolute atomic E-state index is 5.77. The number of hydrogen-bond acceptors (Lipinski definition) is 3. The van der Waals surface area contributed by atoms with Crippen LogP contribution >= 0.6 is 0 Å². The summed E-state index contributed by atoms with van der Waals surface area (Å²) in [4.78, 5) is 4.20. The zero-order valence-electron chi connectivity index (χ0n) is 12.4. The molecule has 0 saturated carbocycles. The van der Waals surface area contributed by atoms with Crippen molar-refractivity contribution in [2.45, 2.75) is 32.7 Å². The van der Waals surface area contributed by atoms with Crippen LogP contribution in [0.3, 0.4) is 0 Å². The zero-order valence-corrected chi connectivity index (χ0v) is 12.4. The molecule has 1 aromatic heterocycles. The van der Waals surface area contributed by atoms with E-state index < -0.39 is 0 Å². The molecule has 0 bridgehead atoms. The third-order valence-corrected chi connectivity index (χ3v) is 3.36. The SMILES string of the molecule is CCCNC(COCCC)c1cccc2cnccc12. The van der Waals surface area contributed by atoms with Gasteiger partial charge in [0.25, 0.3) is 0 Å². The molecule has 2 aromatic rings. The highest BCUT2D eigenvalue weighted by atomic mass is 16.5. The molecule has 1 N–H and O–H groups in total. The van der Waals surface area contributed by atoms with Gasteiger partial charge in [0.2, 0.25) is 0 Å². The quantitative estimate of drug-likeness (QED) is 0.744. The largest absolute Gasteiger partial charge is 0.379 e. The van der Waals surface area contributed by atoms with Gasteiger partial charge >= 0.3 is 0 Å². The highest BCUT2D eigenvalue weighted by Gasteiger charge is 2.13. The van der Waals surface area contributed by atoms with Crippen LogP contribution in [0.4, 0.5) is 0 Å². The lowest BCUT2D eigenvalue weighted by atomic mass is 10.0. The first-order chi connectivity index (χ1) is 9.86. The second kappa shape index (κ2) is 7.98. The van der Waals surface area contributed by atoms with E-state index in [9.17, 15) is 0 Å². The van der Waals surface area contributed by atoms with Crippen LogP contribution in [0.15, 0.2) is 36.7 Å². The van der Waals surface area contributed by atoms with Gasteiger partial charge in [-0.15, -0.1) is 0 Å². The molecule has 0 aliphatic rings. The van der Waals surface area contributed by atoms with Gasteiger partial charge in [-0.25, -0.2) is 0 Å². The molecule has 1 aromatic carbocycles. The number of pyridine rings is 1. The van der Waals surface area contributed by atoms with Crippen molar-refractivity contribution in [1.29, 1.82) is 0 Å². The highest BCUT2D eigenvalue weighted by molar-refractivity contribution is 5.85. The van der Waals surface area contributed by atoms with Gasteiger partial charge < -0.3 is 10.1 Å². The van der Waals surface area contributed by atoms with Crippen LogP contribution in [-0.2, 0) is 4.74 Å². The van der Waals surface area contributed by atoms with Crippen LogP contribution in [0.5, 0.6) is 0 Å². The number of ether oxygens (including phenoxy) is 1. The number of rotatable bonds is 8. The molecule has 2 rings (SSSR count). The molecule has 0 aliphatic carbocycles. The minimum atomic E-state index is 0.243. The first-order valence-corrected chi connectivity index (χ1v) is 7.50. The van der Waals surface area contributed by atoms with Gasteiger partial charge in [-0.2, -0.15) is 0 Å². The molecule has 1 atom stereocenters. The lowest BCUT2D eigenvalue weighted by Gasteiger charge is -2.20. The molecular weight excluding hydrogens is 248 g/mol. The normalized spacial score (nSPS) is 12.7. The summed E-state index contributed by atoms with van der Waals surface area (Å²) in [5.74, 6) is 0. The fraction of sp³-hybridized carbons (Fsp3) is 0.471. The number of hydrogen-bond donors (Lipinski definition) is 1.